The Morgan fingerprint density at radius 1 is 0.933 bits per heavy atom. The zero-order valence-electron chi connectivity index (χ0n) is 19.0. The van der Waals surface area contributed by atoms with Gasteiger partial charge in [0.1, 0.15) is 5.69 Å². The molecule has 0 aliphatic heterocycles. The largest absolute Gasteiger partial charge is 0.563 e. The molecule has 0 spiro atoms. The number of hydrogen-bond donors (Lipinski definition) is 0. The van der Waals surface area contributed by atoms with E-state index < -0.39 is 8.32 Å². The summed E-state index contributed by atoms with van der Waals surface area (Å²) in [5.41, 5.74) is 6.23. The molecule has 0 atom stereocenters. The molecule has 0 radical (unpaired) electrons. The Labute approximate surface area is 182 Å². The van der Waals surface area contributed by atoms with Gasteiger partial charge in [0.25, 0.3) is 0 Å². The van der Waals surface area contributed by atoms with Crippen molar-refractivity contribution in [2.45, 2.75) is 64.2 Å². The summed E-state index contributed by atoms with van der Waals surface area (Å²) in [6, 6.07) is 21.4. The lowest BCUT2D eigenvalue weighted by atomic mass is 9.97. The van der Waals surface area contributed by atoms with Crippen molar-refractivity contribution in [3.63, 3.8) is 0 Å². The van der Waals surface area contributed by atoms with E-state index in [2.05, 4.69) is 99.2 Å². The lowest BCUT2D eigenvalue weighted by Crippen LogP contribution is -2.41. The highest BCUT2D eigenvalue weighted by Gasteiger charge is 2.33. The maximum Gasteiger partial charge on any atom is 0.100 e. The van der Waals surface area contributed by atoms with Crippen LogP contribution in [0, 0.1) is 0 Å². The Balaban J connectivity index is 1.72. The molecule has 3 nitrogen and oxygen atoms in total. The van der Waals surface area contributed by atoms with Crippen LogP contribution >= 0.6 is 0 Å². The molecule has 0 saturated heterocycles. The molecule has 0 bridgehead atoms. The van der Waals surface area contributed by atoms with Crippen LogP contribution in [0.3, 0.4) is 0 Å². The molecule has 3 aromatic rings. The molecule has 1 aromatic heterocycles. The molecule has 30 heavy (non-hydrogen) atoms. The van der Waals surface area contributed by atoms with E-state index in [0.29, 0.717) is 5.92 Å². The molecule has 0 N–H and O–H groups in total. The van der Waals surface area contributed by atoms with E-state index in [-0.39, 0.29) is 5.04 Å². The first-order chi connectivity index (χ1) is 14.3. The average molecular weight is 419 g/mol. The highest BCUT2D eigenvalue weighted by Crippen LogP contribution is 2.47. The molecule has 1 fully saturated rings. The van der Waals surface area contributed by atoms with Crippen molar-refractivity contribution >= 4 is 8.32 Å². The topological polar surface area (TPSA) is 27.1 Å². The second kappa shape index (κ2) is 8.16. The van der Waals surface area contributed by atoms with Crippen LogP contribution in [-0.4, -0.2) is 24.7 Å². The number of hydrogen-bond acceptors (Lipinski definition) is 2. The molecule has 1 aliphatic rings. The summed E-state index contributed by atoms with van der Waals surface area (Å²) in [5.74, 6) is 0.609. The van der Waals surface area contributed by atoms with Gasteiger partial charge in [0, 0.05) is 23.7 Å². The van der Waals surface area contributed by atoms with Crippen LogP contribution in [0.25, 0.3) is 22.4 Å². The molecule has 159 valence electrons. The van der Waals surface area contributed by atoms with Gasteiger partial charge in [-0.25, -0.2) is 0 Å². The molecule has 0 unspecified atom stereocenters. The molecule has 2 aromatic carbocycles. The van der Waals surface area contributed by atoms with Gasteiger partial charge in [-0.1, -0.05) is 81.4 Å². The van der Waals surface area contributed by atoms with Crippen molar-refractivity contribution in [1.29, 1.82) is 0 Å². The average Bonchev–Trinajstić information content (AvgIpc) is 3.49. The summed E-state index contributed by atoms with van der Waals surface area (Å²) in [5, 5.41) is 5.37. The van der Waals surface area contributed by atoms with E-state index in [1.54, 1.807) is 0 Å². The van der Waals surface area contributed by atoms with E-state index >= 15 is 0 Å². The lowest BCUT2D eigenvalue weighted by molar-refractivity contribution is 0.264. The third-order valence-electron chi connectivity index (χ3n) is 6.64. The maximum absolute atomic E-state index is 6.49. The van der Waals surface area contributed by atoms with E-state index in [9.17, 15) is 0 Å². The third-order valence-corrected chi connectivity index (χ3v) is 11.2. The fourth-order valence-corrected chi connectivity index (χ4v) is 4.74. The van der Waals surface area contributed by atoms with Gasteiger partial charge in [0.05, 0.1) is 12.2 Å². The second-order valence-electron chi connectivity index (χ2n) is 9.95. The van der Waals surface area contributed by atoms with Gasteiger partial charge in [-0.15, -0.1) is 18.1 Å². The van der Waals surface area contributed by atoms with E-state index in [1.807, 2.05) is 0 Å². The third kappa shape index (κ3) is 4.30. The molecule has 1 heterocycles. The fourth-order valence-electron chi connectivity index (χ4n) is 3.71. The first-order valence-electron chi connectivity index (χ1n) is 11.1. The van der Waals surface area contributed by atoms with E-state index in [1.165, 1.54) is 35.2 Å². The molecule has 1 aliphatic carbocycles. The molecule has 0 amide bonds. The highest BCUT2D eigenvalue weighted by molar-refractivity contribution is 6.74. The van der Waals surface area contributed by atoms with Crippen molar-refractivity contribution in [2.24, 2.45) is 0 Å². The minimum atomic E-state index is -1.76. The summed E-state index contributed by atoms with van der Waals surface area (Å²) >= 11 is 0. The van der Waals surface area contributed by atoms with Crippen molar-refractivity contribution in [3.8, 4) is 22.4 Å². The van der Waals surface area contributed by atoms with Gasteiger partial charge in [-0.3, -0.25) is 4.68 Å². The number of nitrogens with zero attached hydrogens (tertiary/aromatic N) is 2. The maximum atomic E-state index is 6.49. The first kappa shape index (κ1) is 21.1. The minimum Gasteiger partial charge on any atom is -0.563 e. The van der Waals surface area contributed by atoms with Gasteiger partial charge >= 0.3 is 0 Å². The Hall–Kier alpha value is -2.17. The van der Waals surface area contributed by atoms with Crippen LogP contribution in [0.15, 0.2) is 60.7 Å². The van der Waals surface area contributed by atoms with Gasteiger partial charge in [-0.05, 0) is 26.7 Å². The Morgan fingerprint density at radius 2 is 1.50 bits per heavy atom. The molecular formula is C26H34N2OSi-. The zero-order valence-corrected chi connectivity index (χ0v) is 20.0. The van der Waals surface area contributed by atoms with Crippen LogP contribution < -0.4 is 0 Å². The van der Waals surface area contributed by atoms with Crippen molar-refractivity contribution in [2.75, 3.05) is 6.61 Å². The molecule has 1 saturated carbocycles. The number of rotatable bonds is 7. The van der Waals surface area contributed by atoms with Gasteiger partial charge in [0.2, 0.25) is 0 Å². The Kier molecular flexibility index (Phi) is 5.73. The van der Waals surface area contributed by atoms with Gasteiger partial charge in [-0.2, -0.15) is 5.10 Å². The van der Waals surface area contributed by atoms with Crippen LogP contribution in [-0.2, 0) is 11.0 Å². The Morgan fingerprint density at radius 3 is 2.03 bits per heavy atom. The minimum absolute atomic E-state index is 0.223. The van der Waals surface area contributed by atoms with Crippen molar-refractivity contribution in [3.05, 3.63) is 66.4 Å². The van der Waals surface area contributed by atoms with E-state index in [0.717, 1.165) is 18.8 Å². The summed E-state index contributed by atoms with van der Waals surface area (Å²) < 4.78 is 8.74. The summed E-state index contributed by atoms with van der Waals surface area (Å²) in [6.45, 7) is 13.1. The monoisotopic (exact) mass is 418 g/mol. The lowest BCUT2D eigenvalue weighted by Gasteiger charge is -2.48. The summed E-state index contributed by atoms with van der Waals surface area (Å²) in [7, 11) is -1.76. The fraction of sp³-hybridized carbons (Fsp3) is 0.423. The molecule has 4 rings (SSSR count). The van der Waals surface area contributed by atoms with Crippen LogP contribution in [0.5, 0.6) is 0 Å². The van der Waals surface area contributed by atoms with Crippen molar-refractivity contribution < 1.29 is 4.43 Å². The van der Waals surface area contributed by atoms with E-state index in [4.69, 9.17) is 9.52 Å². The first-order valence-corrected chi connectivity index (χ1v) is 14.0. The van der Waals surface area contributed by atoms with Crippen LogP contribution in [0.2, 0.25) is 18.1 Å². The predicted octanol–water partition coefficient (Wildman–Crippen LogP) is 7.12. The standard InChI is InChI=1S/C26H34N2OSi/c1-26(2,3)30(4,5)29-19-18-28-25(22-16-17-22)23(20-12-8-6-9-13-20)24(27-28)21-14-10-7-11-15-21/h6-15,22H,16-19H2,1-5H3/q-1. The number of benzene rings is 2. The van der Waals surface area contributed by atoms with Crippen LogP contribution in [0.1, 0.15) is 45.2 Å². The molecule has 4 heteroatoms. The van der Waals surface area contributed by atoms with Crippen molar-refractivity contribution in [1.82, 2.24) is 9.78 Å². The normalized spacial score (nSPS) is 14.8. The van der Waals surface area contributed by atoms with Gasteiger partial charge in [0.15, 0.2) is 0 Å². The van der Waals surface area contributed by atoms with Crippen LogP contribution in [0.4, 0.5) is 0 Å². The second-order valence-corrected chi connectivity index (χ2v) is 14.8. The Bertz CT molecular complexity index is 983. The summed E-state index contributed by atoms with van der Waals surface area (Å²) in [6.07, 6.45) is 2.51. The van der Waals surface area contributed by atoms with Gasteiger partial charge < -0.3 is 4.43 Å². The number of aromatic nitrogens is 2. The SMILES string of the molecule is CC(C)(C)[Si-](C)(C)OCCn1nc(-c2ccccc2)c(-c2ccccc2)c1C1CC1. The predicted molar refractivity (Wildman–Crippen MR) is 128 cm³/mol. The quantitative estimate of drug-likeness (QED) is 0.382. The highest BCUT2D eigenvalue weighted by atomic mass is 28.4. The zero-order chi connectivity index (χ0) is 21.4. The molecular weight excluding hydrogens is 384 g/mol. The summed E-state index contributed by atoms with van der Waals surface area (Å²) in [4.78, 5) is 0. The smallest absolute Gasteiger partial charge is 0.100 e.